The number of carbonyl (C=O) groups excluding carboxylic acids is 2. The number of nitrogens with zero attached hydrogens (tertiary/aromatic N) is 1. The van der Waals surface area contributed by atoms with E-state index in [1.54, 1.807) is 13.8 Å². The Balaban J connectivity index is 4.37. The van der Waals surface area contributed by atoms with Gasteiger partial charge in [0.25, 0.3) is 0 Å². The van der Waals surface area contributed by atoms with Gasteiger partial charge in [-0.15, -0.1) is 0 Å². The first-order valence-electron chi connectivity index (χ1n) is 4.40. The maximum absolute atomic E-state index is 11.4. The summed E-state index contributed by atoms with van der Waals surface area (Å²) in [6, 6.07) is 0. The Morgan fingerprint density at radius 1 is 1.29 bits per heavy atom. The first-order chi connectivity index (χ1) is 6.36. The molecule has 0 aromatic carbocycles. The van der Waals surface area contributed by atoms with Gasteiger partial charge in [-0.25, -0.2) is 0 Å². The van der Waals surface area contributed by atoms with Crippen molar-refractivity contribution in [3.8, 4) is 0 Å². The number of carbonyl (C=O) groups is 3. The van der Waals surface area contributed by atoms with Crippen LogP contribution in [0.1, 0.15) is 27.2 Å². The van der Waals surface area contributed by atoms with Crippen LogP contribution in [0.5, 0.6) is 0 Å². The second-order valence-electron chi connectivity index (χ2n) is 3.31. The Morgan fingerprint density at radius 3 is 2.07 bits per heavy atom. The van der Waals surface area contributed by atoms with Crippen LogP contribution in [-0.4, -0.2) is 34.3 Å². The third-order valence-corrected chi connectivity index (χ3v) is 1.69. The minimum atomic E-state index is -1.02. The van der Waals surface area contributed by atoms with Crippen LogP contribution in [0.25, 0.3) is 0 Å². The van der Waals surface area contributed by atoms with E-state index in [9.17, 15) is 14.4 Å². The van der Waals surface area contributed by atoms with Gasteiger partial charge >= 0.3 is 5.97 Å². The lowest BCUT2D eigenvalue weighted by molar-refractivity contribution is -0.146. The van der Waals surface area contributed by atoms with Gasteiger partial charge < -0.3 is 5.11 Å². The molecule has 0 bridgehead atoms. The molecule has 2 amide bonds. The average Bonchev–Trinajstić information content (AvgIpc) is 2.02. The largest absolute Gasteiger partial charge is 0.481 e. The van der Waals surface area contributed by atoms with Crippen molar-refractivity contribution in [3.63, 3.8) is 0 Å². The smallest absolute Gasteiger partial charge is 0.305 e. The number of rotatable bonds is 4. The van der Waals surface area contributed by atoms with Gasteiger partial charge in [0.05, 0.1) is 6.42 Å². The van der Waals surface area contributed by atoms with E-state index < -0.39 is 11.9 Å². The van der Waals surface area contributed by atoms with E-state index in [0.717, 1.165) is 4.90 Å². The molecule has 0 radical (unpaired) electrons. The molecule has 0 atom stereocenters. The van der Waals surface area contributed by atoms with Gasteiger partial charge in [-0.2, -0.15) is 0 Å². The highest BCUT2D eigenvalue weighted by Crippen LogP contribution is 2.03. The molecular weight excluding hydrogens is 186 g/mol. The lowest BCUT2D eigenvalue weighted by Crippen LogP contribution is -2.39. The quantitative estimate of drug-likeness (QED) is 0.718. The molecule has 0 aromatic heterocycles. The summed E-state index contributed by atoms with van der Waals surface area (Å²) in [5, 5.41) is 8.42. The van der Waals surface area contributed by atoms with Crippen molar-refractivity contribution in [2.45, 2.75) is 27.2 Å². The number of hydrogen-bond acceptors (Lipinski definition) is 3. The standard InChI is InChI=1S/C9H15NO4/c1-6(2)9(14)10(7(3)11)5-4-8(12)13/h6H,4-5H2,1-3H3,(H,12,13). The third-order valence-electron chi connectivity index (χ3n) is 1.69. The van der Waals surface area contributed by atoms with Gasteiger partial charge in [0.15, 0.2) is 0 Å². The summed E-state index contributed by atoms with van der Waals surface area (Å²) in [6.07, 6.45) is -0.210. The van der Waals surface area contributed by atoms with Gasteiger partial charge in [-0.1, -0.05) is 13.8 Å². The minimum absolute atomic E-state index is 0.0539. The van der Waals surface area contributed by atoms with Crippen molar-refractivity contribution >= 4 is 17.8 Å². The molecule has 0 saturated heterocycles. The number of carboxylic acids is 1. The predicted molar refractivity (Wildman–Crippen MR) is 49.5 cm³/mol. The highest BCUT2D eigenvalue weighted by atomic mass is 16.4. The summed E-state index contributed by atoms with van der Waals surface area (Å²) >= 11 is 0. The first-order valence-corrected chi connectivity index (χ1v) is 4.40. The Morgan fingerprint density at radius 2 is 1.79 bits per heavy atom. The monoisotopic (exact) mass is 201 g/mol. The van der Waals surface area contributed by atoms with Crippen LogP contribution in [0.2, 0.25) is 0 Å². The molecule has 14 heavy (non-hydrogen) atoms. The maximum Gasteiger partial charge on any atom is 0.305 e. The van der Waals surface area contributed by atoms with Crippen molar-refractivity contribution in [2.24, 2.45) is 5.92 Å². The van der Waals surface area contributed by atoms with Crippen LogP contribution in [0.3, 0.4) is 0 Å². The first kappa shape index (κ1) is 12.6. The van der Waals surface area contributed by atoms with E-state index >= 15 is 0 Å². The van der Waals surface area contributed by atoms with E-state index in [-0.39, 0.29) is 24.8 Å². The molecular formula is C9H15NO4. The highest BCUT2D eigenvalue weighted by Gasteiger charge is 2.21. The zero-order valence-corrected chi connectivity index (χ0v) is 8.61. The molecule has 0 aliphatic carbocycles. The fourth-order valence-corrected chi connectivity index (χ4v) is 0.942. The Bertz CT molecular complexity index is 247. The normalized spacial score (nSPS) is 10.0. The molecule has 0 fully saturated rings. The molecule has 0 saturated carbocycles. The Labute approximate surface area is 82.7 Å². The molecule has 5 nitrogen and oxygen atoms in total. The molecule has 0 aromatic rings. The van der Waals surface area contributed by atoms with Crippen LogP contribution in [0.15, 0.2) is 0 Å². The van der Waals surface area contributed by atoms with Crippen molar-refractivity contribution in [3.05, 3.63) is 0 Å². The number of carboxylic acid groups (broad SMARTS) is 1. The summed E-state index contributed by atoms with van der Waals surface area (Å²) in [5.41, 5.74) is 0. The second-order valence-corrected chi connectivity index (χ2v) is 3.31. The summed E-state index contributed by atoms with van der Waals surface area (Å²) in [5.74, 6) is -2.07. The summed E-state index contributed by atoms with van der Waals surface area (Å²) in [7, 11) is 0. The van der Waals surface area contributed by atoms with Crippen LogP contribution in [0.4, 0.5) is 0 Å². The SMILES string of the molecule is CC(=O)N(CCC(=O)O)C(=O)C(C)C. The molecule has 0 unspecified atom stereocenters. The van der Waals surface area contributed by atoms with Gasteiger partial charge in [-0.3, -0.25) is 19.3 Å². The zero-order chi connectivity index (χ0) is 11.3. The molecule has 0 heterocycles. The fourth-order valence-electron chi connectivity index (χ4n) is 0.942. The van der Waals surface area contributed by atoms with E-state index in [1.807, 2.05) is 0 Å². The summed E-state index contributed by atoms with van der Waals surface area (Å²) < 4.78 is 0. The van der Waals surface area contributed by atoms with Crippen molar-refractivity contribution < 1.29 is 19.5 Å². The Kier molecular flexibility index (Phi) is 4.83. The van der Waals surface area contributed by atoms with Crippen molar-refractivity contribution in [1.29, 1.82) is 0 Å². The lowest BCUT2D eigenvalue weighted by atomic mass is 10.2. The van der Waals surface area contributed by atoms with Crippen molar-refractivity contribution in [1.82, 2.24) is 4.90 Å². The van der Waals surface area contributed by atoms with Crippen LogP contribution in [-0.2, 0) is 14.4 Å². The molecule has 1 N–H and O–H groups in total. The Hall–Kier alpha value is -1.39. The maximum atomic E-state index is 11.4. The number of imide groups is 1. The zero-order valence-electron chi connectivity index (χ0n) is 8.61. The fraction of sp³-hybridized carbons (Fsp3) is 0.667. The number of aliphatic carboxylic acids is 1. The number of hydrogen-bond donors (Lipinski definition) is 1. The summed E-state index contributed by atoms with van der Waals surface area (Å²) in [6.45, 7) is 4.53. The molecule has 0 rings (SSSR count). The third kappa shape index (κ3) is 4.02. The second kappa shape index (κ2) is 5.36. The number of amides is 2. The molecule has 0 aliphatic heterocycles. The summed E-state index contributed by atoms with van der Waals surface area (Å²) in [4.78, 5) is 33.7. The van der Waals surface area contributed by atoms with Crippen LogP contribution < -0.4 is 0 Å². The van der Waals surface area contributed by atoms with E-state index in [4.69, 9.17) is 5.11 Å². The lowest BCUT2D eigenvalue weighted by Gasteiger charge is -2.20. The van der Waals surface area contributed by atoms with Gasteiger partial charge in [0.2, 0.25) is 11.8 Å². The van der Waals surface area contributed by atoms with Crippen LogP contribution >= 0.6 is 0 Å². The van der Waals surface area contributed by atoms with Crippen LogP contribution in [0, 0.1) is 5.92 Å². The minimum Gasteiger partial charge on any atom is -0.481 e. The molecule has 0 spiro atoms. The average molecular weight is 201 g/mol. The van der Waals surface area contributed by atoms with Crippen molar-refractivity contribution in [2.75, 3.05) is 6.54 Å². The van der Waals surface area contributed by atoms with E-state index in [2.05, 4.69) is 0 Å². The van der Waals surface area contributed by atoms with E-state index in [1.165, 1.54) is 6.92 Å². The highest BCUT2D eigenvalue weighted by molar-refractivity contribution is 5.95. The van der Waals surface area contributed by atoms with Gasteiger partial charge in [0, 0.05) is 19.4 Å². The van der Waals surface area contributed by atoms with Gasteiger partial charge in [0.1, 0.15) is 0 Å². The molecule has 5 heteroatoms. The topological polar surface area (TPSA) is 74.7 Å². The molecule has 80 valence electrons. The van der Waals surface area contributed by atoms with Gasteiger partial charge in [-0.05, 0) is 0 Å². The predicted octanol–water partition coefficient (Wildman–Crippen LogP) is 0.492. The van der Waals surface area contributed by atoms with E-state index in [0.29, 0.717) is 0 Å². The molecule has 0 aliphatic rings.